The number of hydrogen-bond donors (Lipinski definition) is 1. The Balaban J connectivity index is 2.17. The molecule has 0 saturated heterocycles. The third-order valence-corrected chi connectivity index (χ3v) is 2.38. The molecule has 13 heavy (non-hydrogen) atoms. The molecule has 1 saturated carbocycles. The van der Waals surface area contributed by atoms with E-state index in [2.05, 4.69) is 22.4 Å². The lowest BCUT2D eigenvalue weighted by Gasteiger charge is -2.06. The van der Waals surface area contributed by atoms with Crippen molar-refractivity contribution in [2.75, 3.05) is 0 Å². The van der Waals surface area contributed by atoms with Gasteiger partial charge in [0.25, 0.3) is 4.84 Å². The number of nitrogens with zero attached hydrogens (tertiary/aromatic N) is 1. The van der Waals surface area contributed by atoms with Gasteiger partial charge in [-0.25, -0.2) is 13.9 Å². The molecule has 0 spiro atoms. The van der Waals surface area contributed by atoms with Crippen molar-refractivity contribution in [1.82, 2.24) is 10.2 Å². The van der Waals surface area contributed by atoms with E-state index in [9.17, 15) is 8.78 Å². The van der Waals surface area contributed by atoms with Gasteiger partial charge in [-0.05, 0) is 18.6 Å². The Bertz CT molecular complexity index is 359. The Morgan fingerprint density at radius 2 is 2.38 bits per heavy atom. The van der Waals surface area contributed by atoms with Crippen LogP contribution in [0.1, 0.15) is 31.1 Å². The molecular weight excluding hydrogens is 198 g/mol. The predicted octanol–water partition coefficient (Wildman–Crippen LogP) is 2.63. The predicted molar refractivity (Wildman–Crippen MR) is 43.2 cm³/mol. The second kappa shape index (κ2) is 2.87. The minimum Gasteiger partial charge on any atom is -0.414 e. The molecule has 1 aromatic rings. The number of rotatable bonds is 1. The lowest BCUT2D eigenvalue weighted by Crippen LogP contribution is -2.09. The quantitative estimate of drug-likeness (QED) is 0.718. The van der Waals surface area contributed by atoms with Crippen LogP contribution in [0.25, 0.3) is 0 Å². The molecule has 1 aromatic heterocycles. The molecule has 0 aromatic carbocycles. The van der Waals surface area contributed by atoms with Crippen molar-refractivity contribution in [1.29, 1.82) is 0 Å². The lowest BCUT2D eigenvalue weighted by atomic mass is 10.1. The summed E-state index contributed by atoms with van der Waals surface area (Å²) in [4.78, 5) is 0.144. The normalized spacial score (nSPS) is 26.5. The second-order valence-electron chi connectivity index (χ2n) is 3.25. The van der Waals surface area contributed by atoms with E-state index < -0.39 is 5.92 Å². The molecule has 3 nitrogen and oxygen atoms in total. The zero-order valence-electron chi connectivity index (χ0n) is 6.72. The molecule has 1 N–H and O–H groups in total. The number of aromatic nitrogens is 2. The smallest absolute Gasteiger partial charge is 0.284 e. The highest BCUT2D eigenvalue weighted by molar-refractivity contribution is 7.71. The summed E-state index contributed by atoms with van der Waals surface area (Å²) in [6.45, 7) is 0. The van der Waals surface area contributed by atoms with Crippen molar-refractivity contribution >= 4 is 12.2 Å². The summed E-state index contributed by atoms with van der Waals surface area (Å²) in [5, 5.41) is 6.16. The number of H-pyrrole nitrogens is 1. The van der Waals surface area contributed by atoms with Crippen LogP contribution >= 0.6 is 12.2 Å². The van der Waals surface area contributed by atoms with Gasteiger partial charge in [-0.1, -0.05) is 0 Å². The number of aromatic amines is 1. The van der Waals surface area contributed by atoms with Crippen molar-refractivity contribution in [3.8, 4) is 0 Å². The standard InChI is InChI=1S/C7H8F2N2OS/c8-7(9)2-1-4(3-7)5-10-11-6(13)12-5/h4H,1-3H2,(H,11,13). The number of halogens is 2. The fourth-order valence-corrected chi connectivity index (χ4v) is 1.71. The highest BCUT2D eigenvalue weighted by Crippen LogP contribution is 2.43. The molecule has 1 fully saturated rings. The monoisotopic (exact) mass is 206 g/mol. The van der Waals surface area contributed by atoms with E-state index >= 15 is 0 Å². The van der Waals surface area contributed by atoms with Crippen LogP contribution in [0.2, 0.25) is 0 Å². The van der Waals surface area contributed by atoms with Crippen molar-refractivity contribution in [3.05, 3.63) is 10.7 Å². The van der Waals surface area contributed by atoms with E-state index in [0.29, 0.717) is 12.3 Å². The van der Waals surface area contributed by atoms with Gasteiger partial charge in [0, 0.05) is 18.8 Å². The van der Waals surface area contributed by atoms with Crippen molar-refractivity contribution < 1.29 is 13.2 Å². The first kappa shape index (κ1) is 8.80. The van der Waals surface area contributed by atoms with Gasteiger partial charge in [0.2, 0.25) is 11.8 Å². The third kappa shape index (κ3) is 1.77. The molecule has 72 valence electrons. The Kier molecular flexibility index (Phi) is 1.94. The van der Waals surface area contributed by atoms with Crippen LogP contribution in [0.4, 0.5) is 8.78 Å². The molecule has 2 rings (SSSR count). The first-order valence-corrected chi connectivity index (χ1v) is 4.41. The molecule has 0 aliphatic heterocycles. The summed E-state index contributed by atoms with van der Waals surface area (Å²) in [6, 6.07) is 0. The topological polar surface area (TPSA) is 41.8 Å². The van der Waals surface area contributed by atoms with Gasteiger partial charge >= 0.3 is 0 Å². The summed E-state index contributed by atoms with van der Waals surface area (Å²) in [5.41, 5.74) is 0. The van der Waals surface area contributed by atoms with E-state index in [1.807, 2.05) is 0 Å². The fourth-order valence-electron chi connectivity index (χ4n) is 1.58. The fraction of sp³-hybridized carbons (Fsp3) is 0.714. The van der Waals surface area contributed by atoms with Gasteiger partial charge in [0.1, 0.15) is 0 Å². The first-order valence-electron chi connectivity index (χ1n) is 4.00. The van der Waals surface area contributed by atoms with Gasteiger partial charge in [-0.3, -0.25) is 0 Å². The molecule has 1 aliphatic rings. The van der Waals surface area contributed by atoms with E-state index in [0.717, 1.165) is 0 Å². The maximum atomic E-state index is 12.8. The Hall–Kier alpha value is -0.780. The average Bonchev–Trinajstić information content (AvgIpc) is 2.56. The SMILES string of the molecule is FC1(F)CCC(c2n[nH]c(=S)o2)C1. The molecule has 1 unspecified atom stereocenters. The summed E-state index contributed by atoms with van der Waals surface area (Å²) in [5.74, 6) is -2.55. The average molecular weight is 206 g/mol. The molecule has 0 radical (unpaired) electrons. The number of nitrogens with one attached hydrogen (secondary N) is 1. The maximum Gasteiger partial charge on any atom is 0.284 e. The zero-order valence-corrected chi connectivity index (χ0v) is 7.53. The van der Waals surface area contributed by atoms with Crippen LogP contribution in [-0.2, 0) is 0 Å². The minimum atomic E-state index is -2.57. The Labute approximate surface area is 78.1 Å². The molecule has 6 heteroatoms. The van der Waals surface area contributed by atoms with Crippen molar-refractivity contribution in [2.45, 2.75) is 31.1 Å². The number of hydrogen-bond acceptors (Lipinski definition) is 3. The maximum absolute atomic E-state index is 12.8. The zero-order chi connectivity index (χ0) is 9.47. The van der Waals surface area contributed by atoms with E-state index in [-0.39, 0.29) is 23.6 Å². The van der Waals surface area contributed by atoms with Crippen LogP contribution in [0.5, 0.6) is 0 Å². The van der Waals surface area contributed by atoms with Crippen LogP contribution < -0.4 is 0 Å². The van der Waals surface area contributed by atoms with Gasteiger partial charge in [-0.15, -0.1) is 5.10 Å². The van der Waals surface area contributed by atoms with E-state index in [1.165, 1.54) is 0 Å². The van der Waals surface area contributed by atoms with Gasteiger partial charge in [0.15, 0.2) is 0 Å². The van der Waals surface area contributed by atoms with E-state index in [4.69, 9.17) is 4.42 Å². The number of alkyl halides is 2. The summed E-state index contributed by atoms with van der Waals surface area (Å²) >= 11 is 4.65. The summed E-state index contributed by atoms with van der Waals surface area (Å²) < 4.78 is 30.5. The molecule has 1 atom stereocenters. The second-order valence-corrected chi connectivity index (χ2v) is 3.62. The minimum absolute atomic E-state index is 0.0905. The molecule has 1 heterocycles. The van der Waals surface area contributed by atoms with Crippen LogP contribution in [0.15, 0.2) is 4.42 Å². The molecular formula is C7H8F2N2OS. The van der Waals surface area contributed by atoms with Crippen molar-refractivity contribution in [3.63, 3.8) is 0 Å². The molecule has 1 aliphatic carbocycles. The highest BCUT2D eigenvalue weighted by Gasteiger charge is 2.41. The Morgan fingerprint density at radius 3 is 2.85 bits per heavy atom. The van der Waals surface area contributed by atoms with Crippen molar-refractivity contribution in [2.24, 2.45) is 0 Å². The third-order valence-electron chi connectivity index (χ3n) is 2.21. The first-order chi connectivity index (χ1) is 6.07. The molecule has 0 amide bonds. The van der Waals surface area contributed by atoms with Gasteiger partial charge in [-0.2, -0.15) is 0 Å². The van der Waals surface area contributed by atoms with Crippen LogP contribution in [0, 0.1) is 4.84 Å². The largest absolute Gasteiger partial charge is 0.414 e. The Morgan fingerprint density at radius 1 is 1.62 bits per heavy atom. The summed E-state index contributed by atoms with van der Waals surface area (Å²) in [7, 11) is 0. The van der Waals surface area contributed by atoms with E-state index in [1.54, 1.807) is 0 Å². The van der Waals surface area contributed by atoms with Crippen LogP contribution in [-0.4, -0.2) is 16.1 Å². The van der Waals surface area contributed by atoms with Gasteiger partial charge in [0.05, 0.1) is 0 Å². The lowest BCUT2D eigenvalue weighted by molar-refractivity contribution is 0.00703. The molecule has 0 bridgehead atoms. The van der Waals surface area contributed by atoms with Gasteiger partial charge < -0.3 is 4.42 Å². The highest BCUT2D eigenvalue weighted by atomic mass is 32.1. The van der Waals surface area contributed by atoms with Crippen LogP contribution in [0.3, 0.4) is 0 Å². The summed E-state index contributed by atoms with van der Waals surface area (Å²) in [6.07, 6.45) is 0.138.